The molecule has 1 spiro atoms. The predicted octanol–water partition coefficient (Wildman–Crippen LogP) is 9.92. The number of rotatable bonds is 4. The molecule has 0 saturated carbocycles. The molecule has 5 rings (SSSR count). The Kier molecular flexibility index (Phi) is 8.53. The van der Waals surface area contributed by atoms with Crippen LogP contribution in [-0.4, -0.2) is 37.4 Å². The predicted molar refractivity (Wildman–Crippen MR) is 164 cm³/mol. The van der Waals surface area contributed by atoms with Crippen LogP contribution in [0.15, 0.2) is 0 Å². The van der Waals surface area contributed by atoms with Gasteiger partial charge in [-0.15, -0.1) is 0 Å². The van der Waals surface area contributed by atoms with Gasteiger partial charge in [0, 0.05) is 0 Å². The van der Waals surface area contributed by atoms with Gasteiger partial charge in [0.05, 0.1) is 0 Å². The van der Waals surface area contributed by atoms with Crippen molar-refractivity contribution in [2.45, 2.75) is 39.9 Å². The summed E-state index contributed by atoms with van der Waals surface area (Å²) in [7, 11) is -6.89. The summed E-state index contributed by atoms with van der Waals surface area (Å²) < 4.78 is 48.3. The Morgan fingerprint density at radius 3 is 1.05 bits per heavy atom. The summed E-state index contributed by atoms with van der Waals surface area (Å²) in [4.78, 5) is 26.7. The van der Waals surface area contributed by atoms with Gasteiger partial charge in [-0.25, -0.2) is 0 Å². The van der Waals surface area contributed by atoms with Crippen LogP contribution in [0.3, 0.4) is 0 Å². The molecule has 0 amide bonds. The molecule has 2 aromatic carbocycles. The number of carbonyl (C=O) groups is 2. The van der Waals surface area contributed by atoms with Gasteiger partial charge in [0.25, 0.3) is 0 Å². The van der Waals surface area contributed by atoms with Crippen molar-refractivity contribution in [2.75, 3.05) is 13.2 Å². The summed E-state index contributed by atoms with van der Waals surface area (Å²) in [6, 6.07) is 0. The first-order valence-corrected chi connectivity index (χ1v) is 17.5. The number of carbonyl (C=O) groups excluding carboxylic acids is 2. The van der Waals surface area contributed by atoms with Crippen molar-refractivity contribution in [3.63, 3.8) is 0 Å². The zero-order valence-corrected chi connectivity index (χ0v) is 29.2. The number of hydrogen-bond donors (Lipinski definition) is 0. The first kappa shape index (κ1) is 33.6. The minimum atomic E-state index is -6.89. The van der Waals surface area contributed by atoms with E-state index in [4.69, 9.17) is 129 Å². The van der Waals surface area contributed by atoms with Gasteiger partial charge in [0.2, 0.25) is 0 Å². The number of fused-ring (bicyclic) bond motifs is 2. The van der Waals surface area contributed by atoms with E-state index < -0.39 is 56.5 Å². The normalized spacial score (nSPS) is 23.9. The number of benzene rings is 2. The van der Waals surface area contributed by atoms with E-state index in [0.717, 1.165) is 0 Å². The van der Waals surface area contributed by atoms with Crippen LogP contribution in [0, 0.1) is 11.8 Å². The van der Waals surface area contributed by atoms with Crippen molar-refractivity contribution in [1.82, 2.24) is 0 Å². The van der Waals surface area contributed by atoms with Crippen LogP contribution in [0.2, 0.25) is 40.2 Å². The first-order chi connectivity index (χ1) is 19.9. The molecule has 10 nitrogen and oxygen atoms in total. The van der Waals surface area contributed by atoms with E-state index in [1.165, 1.54) is 0 Å². The van der Waals surface area contributed by atoms with Crippen LogP contribution in [0.4, 0.5) is 0 Å². The maximum atomic E-state index is 13.3. The first-order valence-electron chi connectivity index (χ1n) is 12.3. The van der Waals surface area contributed by atoms with Crippen molar-refractivity contribution in [3.05, 3.63) is 40.2 Å². The van der Waals surface area contributed by atoms with Crippen LogP contribution in [0.1, 0.15) is 27.7 Å². The molecule has 3 heterocycles. The number of ether oxygens (including phenoxy) is 2. The Balaban J connectivity index is 1.76. The Labute approximate surface area is 284 Å². The summed E-state index contributed by atoms with van der Waals surface area (Å²) in [5.74, 6) is -5.91. The van der Waals surface area contributed by atoms with Gasteiger partial charge < -0.3 is 0 Å². The third-order valence-electron chi connectivity index (χ3n) is 6.31. The molecule has 2 aromatic rings. The van der Waals surface area contributed by atoms with E-state index in [1.807, 2.05) is 0 Å². The molecule has 0 N–H and O–H groups in total. The van der Waals surface area contributed by atoms with Gasteiger partial charge in [-0.2, -0.15) is 0 Å². The quantitative estimate of drug-likeness (QED) is 0.129. The summed E-state index contributed by atoms with van der Waals surface area (Å²) in [5, 5.41) is -2.12. The minimum absolute atomic E-state index is 0.226. The molecular formula is C24H20Cl8O10P-. The molecule has 0 aromatic heterocycles. The Morgan fingerprint density at radius 2 is 0.814 bits per heavy atom. The van der Waals surface area contributed by atoms with Crippen molar-refractivity contribution in [2.24, 2.45) is 11.8 Å². The van der Waals surface area contributed by atoms with Crippen molar-refractivity contribution < 1.29 is 46.2 Å². The number of hydrogen-bond acceptors (Lipinski definition) is 10. The molecular weight excluding hydrogens is 763 g/mol. The summed E-state index contributed by atoms with van der Waals surface area (Å²) in [5.41, 5.74) is 0. The Hall–Kier alpha value is -0.750. The third kappa shape index (κ3) is 5.13. The van der Waals surface area contributed by atoms with E-state index in [2.05, 4.69) is 0 Å². The van der Waals surface area contributed by atoms with Crippen LogP contribution in [0.5, 0.6) is 23.0 Å². The molecule has 1 fully saturated rings. The van der Waals surface area contributed by atoms with Crippen LogP contribution in [0.25, 0.3) is 0 Å². The molecule has 3 aliphatic rings. The fourth-order valence-electron chi connectivity index (χ4n) is 4.42. The van der Waals surface area contributed by atoms with E-state index in [9.17, 15) is 9.59 Å². The van der Waals surface area contributed by atoms with Crippen LogP contribution in [-0.2, 0) is 28.1 Å². The SMILES string of the molecule is CC(C)OC(=O)[C@@H]1CO[P-]23(OC[C@H]1C(=O)OC(C)C)(Oc1c(Cl)c(Cl)c(Cl)c(Cl)c1O2)Oc1c(Cl)c(Cl)c(Cl)c(Cl)c1O3. The Bertz CT molecular complexity index is 1400. The second-order valence-corrected chi connectivity index (χ2v) is 16.6. The van der Waals surface area contributed by atoms with E-state index in [-0.39, 0.29) is 63.2 Å². The molecule has 19 heteroatoms. The van der Waals surface area contributed by atoms with E-state index in [1.54, 1.807) is 27.7 Å². The second-order valence-electron chi connectivity index (χ2n) is 10.1. The zero-order valence-electron chi connectivity index (χ0n) is 22.3. The summed E-state index contributed by atoms with van der Waals surface area (Å²) in [6.07, 6.45) is -1.13. The van der Waals surface area contributed by atoms with Gasteiger partial charge in [0.1, 0.15) is 0 Å². The van der Waals surface area contributed by atoms with Crippen molar-refractivity contribution >= 4 is 112 Å². The monoisotopic (exact) mass is 779 g/mol. The van der Waals surface area contributed by atoms with Gasteiger partial charge in [-0.1, -0.05) is 0 Å². The fourth-order valence-corrected chi connectivity index (χ4v) is 10.3. The van der Waals surface area contributed by atoms with Gasteiger partial charge in [-0.3, -0.25) is 0 Å². The maximum absolute atomic E-state index is 13.3. The van der Waals surface area contributed by atoms with Gasteiger partial charge in [-0.05, 0) is 0 Å². The zero-order chi connectivity index (χ0) is 31.9. The molecule has 0 bridgehead atoms. The van der Waals surface area contributed by atoms with Gasteiger partial charge in [0.15, 0.2) is 0 Å². The number of halogens is 8. The molecule has 0 radical (unpaired) electrons. The summed E-state index contributed by atoms with van der Waals surface area (Å²) >= 11 is 51.1. The average molecular weight is 783 g/mol. The molecule has 43 heavy (non-hydrogen) atoms. The molecule has 2 atom stereocenters. The van der Waals surface area contributed by atoms with E-state index >= 15 is 0 Å². The standard InChI is InChI=1S/C24H20Cl8O10P/c1-7(2)37-23(33)9-5-35-43(36-6-10(9)24(34)38-8(3)4,39-19-15(29)11(25)12(26)16(30)20(19)40-43)41-21-17(31)13(27)14(28)18(32)22(21)42-43/h7-10H,5-6H2,1-4H3/q-1/t9-,10-/m1/s1. The fraction of sp³-hybridized carbons (Fsp3) is 0.417. The topological polar surface area (TPSA) is 108 Å². The van der Waals surface area contributed by atoms with Crippen molar-refractivity contribution in [3.8, 4) is 23.0 Å². The Morgan fingerprint density at radius 1 is 0.558 bits per heavy atom. The second kappa shape index (κ2) is 10.9. The van der Waals surface area contributed by atoms with Gasteiger partial charge >= 0.3 is 286 Å². The molecule has 1 saturated heterocycles. The van der Waals surface area contributed by atoms with Crippen LogP contribution >= 0.6 is 100 Å². The third-order valence-corrected chi connectivity index (χ3v) is 13.4. The molecule has 238 valence electrons. The van der Waals surface area contributed by atoms with Crippen molar-refractivity contribution in [1.29, 1.82) is 0 Å². The molecule has 0 unspecified atom stereocenters. The molecule has 0 aliphatic carbocycles. The summed E-state index contributed by atoms with van der Waals surface area (Å²) in [6.45, 7) is 5.04. The van der Waals surface area contributed by atoms with E-state index in [0.29, 0.717) is 0 Å². The van der Waals surface area contributed by atoms with Crippen LogP contribution < -0.4 is 18.1 Å². The average Bonchev–Trinajstić information content (AvgIpc) is 3.36. The number of esters is 2. The molecule has 3 aliphatic heterocycles.